The SMILES string of the molecule is CC1C(=O)N(NC(=O)[C@H](C)NCC(O)Cc2ccccc2)c2ccccc2-c2ccccc21. The number of amides is 2. The molecule has 2 unspecified atom stereocenters. The van der Waals surface area contributed by atoms with Gasteiger partial charge in [-0.3, -0.25) is 15.0 Å². The van der Waals surface area contributed by atoms with Crippen molar-refractivity contribution in [2.45, 2.75) is 38.3 Å². The van der Waals surface area contributed by atoms with Crippen molar-refractivity contribution in [3.63, 3.8) is 0 Å². The van der Waals surface area contributed by atoms with Crippen LogP contribution in [0.2, 0.25) is 0 Å². The van der Waals surface area contributed by atoms with E-state index in [9.17, 15) is 14.7 Å². The molecule has 6 nitrogen and oxygen atoms in total. The summed E-state index contributed by atoms with van der Waals surface area (Å²) in [4.78, 5) is 26.3. The first-order valence-electron chi connectivity index (χ1n) is 11.2. The lowest BCUT2D eigenvalue weighted by Crippen LogP contribution is -2.54. The molecule has 3 aromatic rings. The molecule has 170 valence electrons. The van der Waals surface area contributed by atoms with Crippen molar-refractivity contribution in [2.24, 2.45) is 0 Å². The zero-order chi connectivity index (χ0) is 23.4. The summed E-state index contributed by atoms with van der Waals surface area (Å²) < 4.78 is 0. The van der Waals surface area contributed by atoms with Gasteiger partial charge in [-0.05, 0) is 43.0 Å². The molecule has 3 atom stereocenters. The Morgan fingerprint density at radius 1 is 0.970 bits per heavy atom. The number of nitrogens with one attached hydrogen (secondary N) is 2. The van der Waals surface area contributed by atoms with Crippen molar-refractivity contribution in [3.8, 4) is 11.1 Å². The number of aliphatic hydroxyl groups excluding tert-OH is 1. The van der Waals surface area contributed by atoms with E-state index in [-0.39, 0.29) is 18.4 Å². The fourth-order valence-electron chi connectivity index (χ4n) is 4.15. The van der Waals surface area contributed by atoms with Crippen molar-refractivity contribution in [1.82, 2.24) is 10.7 Å². The van der Waals surface area contributed by atoms with Gasteiger partial charge in [-0.2, -0.15) is 0 Å². The lowest BCUT2D eigenvalue weighted by Gasteiger charge is -2.27. The number of carbonyl (C=O) groups is 2. The second-order valence-electron chi connectivity index (χ2n) is 8.45. The summed E-state index contributed by atoms with van der Waals surface area (Å²) in [6.45, 7) is 3.83. The van der Waals surface area contributed by atoms with Crippen LogP contribution < -0.4 is 15.8 Å². The van der Waals surface area contributed by atoms with Crippen LogP contribution >= 0.6 is 0 Å². The van der Waals surface area contributed by atoms with Gasteiger partial charge in [0.05, 0.1) is 23.8 Å². The molecular formula is C27H29N3O3. The number of fused-ring (bicyclic) bond motifs is 3. The molecule has 0 aliphatic carbocycles. The van der Waals surface area contributed by atoms with E-state index < -0.39 is 18.1 Å². The maximum absolute atomic E-state index is 13.3. The molecule has 0 aromatic heterocycles. The lowest BCUT2D eigenvalue weighted by atomic mass is 9.92. The molecule has 33 heavy (non-hydrogen) atoms. The molecule has 4 rings (SSSR count). The number of nitrogens with zero attached hydrogens (tertiary/aromatic N) is 1. The van der Waals surface area contributed by atoms with Gasteiger partial charge in [-0.15, -0.1) is 0 Å². The third-order valence-electron chi connectivity index (χ3n) is 6.04. The van der Waals surface area contributed by atoms with E-state index in [4.69, 9.17) is 0 Å². The molecule has 0 spiro atoms. The normalized spacial score (nSPS) is 16.9. The molecule has 0 saturated carbocycles. The van der Waals surface area contributed by atoms with Crippen LogP contribution in [0.3, 0.4) is 0 Å². The molecule has 1 aliphatic heterocycles. The highest BCUT2D eigenvalue weighted by molar-refractivity contribution is 6.06. The van der Waals surface area contributed by atoms with Gasteiger partial charge in [0.25, 0.3) is 11.8 Å². The maximum atomic E-state index is 13.3. The highest BCUT2D eigenvalue weighted by Gasteiger charge is 2.32. The first kappa shape index (κ1) is 22.7. The number of anilines is 1. The van der Waals surface area contributed by atoms with Gasteiger partial charge in [0, 0.05) is 12.1 Å². The summed E-state index contributed by atoms with van der Waals surface area (Å²) in [5, 5.41) is 14.8. The highest BCUT2D eigenvalue weighted by Crippen LogP contribution is 2.39. The van der Waals surface area contributed by atoms with E-state index in [1.54, 1.807) is 6.92 Å². The van der Waals surface area contributed by atoms with Crippen molar-refractivity contribution in [2.75, 3.05) is 11.6 Å². The molecule has 3 aromatic carbocycles. The molecule has 3 N–H and O–H groups in total. The van der Waals surface area contributed by atoms with Gasteiger partial charge in [0.1, 0.15) is 0 Å². The van der Waals surface area contributed by atoms with Gasteiger partial charge < -0.3 is 10.4 Å². The highest BCUT2D eigenvalue weighted by atomic mass is 16.3. The fourth-order valence-corrected chi connectivity index (χ4v) is 4.15. The Morgan fingerprint density at radius 3 is 2.36 bits per heavy atom. The summed E-state index contributed by atoms with van der Waals surface area (Å²) in [5.74, 6) is -0.954. The predicted molar refractivity (Wildman–Crippen MR) is 130 cm³/mol. The summed E-state index contributed by atoms with van der Waals surface area (Å²) in [5.41, 5.74) is 7.29. The molecule has 0 fully saturated rings. The zero-order valence-corrected chi connectivity index (χ0v) is 18.9. The van der Waals surface area contributed by atoms with Gasteiger partial charge in [0.2, 0.25) is 0 Å². The smallest absolute Gasteiger partial charge is 0.255 e. The maximum Gasteiger partial charge on any atom is 0.255 e. The van der Waals surface area contributed by atoms with Crippen molar-refractivity contribution < 1.29 is 14.7 Å². The van der Waals surface area contributed by atoms with E-state index in [0.717, 1.165) is 22.3 Å². The summed E-state index contributed by atoms with van der Waals surface area (Å²) in [6.07, 6.45) is -0.131. The van der Waals surface area contributed by atoms with Crippen molar-refractivity contribution >= 4 is 17.5 Å². The minimum atomic E-state index is -0.627. The van der Waals surface area contributed by atoms with E-state index in [1.807, 2.05) is 85.8 Å². The fraction of sp³-hybridized carbons (Fsp3) is 0.259. The van der Waals surface area contributed by atoms with Gasteiger partial charge in [-0.25, -0.2) is 5.01 Å². The van der Waals surface area contributed by atoms with Crippen molar-refractivity contribution in [3.05, 3.63) is 90.0 Å². The molecule has 0 bridgehead atoms. The minimum Gasteiger partial charge on any atom is -0.391 e. The molecular weight excluding hydrogens is 414 g/mol. The monoisotopic (exact) mass is 443 g/mol. The number of carbonyl (C=O) groups excluding carboxylic acids is 2. The standard InChI is InChI=1S/C27H29N3O3/c1-18-22-12-6-7-13-23(22)24-14-8-9-15-25(24)30(27(18)33)29-26(32)19(2)28-17-21(31)16-20-10-4-3-5-11-20/h3-15,18-19,21,28,31H,16-17H2,1-2H3,(H,29,32)/t18?,19-,21?/m0/s1. The van der Waals surface area contributed by atoms with Crippen LogP contribution in [0.25, 0.3) is 11.1 Å². The quantitative estimate of drug-likeness (QED) is 0.523. The van der Waals surface area contributed by atoms with Crippen LogP contribution in [0.5, 0.6) is 0 Å². The Bertz CT molecular complexity index is 1130. The van der Waals surface area contributed by atoms with Crippen LogP contribution in [0.4, 0.5) is 5.69 Å². The van der Waals surface area contributed by atoms with E-state index >= 15 is 0 Å². The average Bonchev–Trinajstić information content (AvgIpc) is 2.93. The van der Waals surface area contributed by atoms with Crippen LogP contribution in [0.1, 0.15) is 30.9 Å². The average molecular weight is 444 g/mol. The number of rotatable bonds is 7. The molecule has 6 heteroatoms. The Labute approximate surface area is 194 Å². The van der Waals surface area contributed by atoms with Gasteiger partial charge in [0.15, 0.2) is 0 Å². The van der Waals surface area contributed by atoms with Crippen LogP contribution in [-0.4, -0.2) is 35.6 Å². The zero-order valence-electron chi connectivity index (χ0n) is 18.9. The van der Waals surface area contributed by atoms with Gasteiger partial charge >= 0.3 is 0 Å². The third kappa shape index (κ3) is 4.97. The summed E-state index contributed by atoms with van der Waals surface area (Å²) in [7, 11) is 0. The summed E-state index contributed by atoms with van der Waals surface area (Å²) in [6, 6.07) is 24.5. The molecule has 1 heterocycles. The second kappa shape index (κ2) is 9.98. The first-order valence-corrected chi connectivity index (χ1v) is 11.2. The molecule has 2 amide bonds. The molecule has 0 saturated heterocycles. The van der Waals surface area contributed by atoms with Crippen LogP contribution in [-0.2, 0) is 16.0 Å². The molecule has 1 aliphatic rings. The van der Waals surface area contributed by atoms with Crippen molar-refractivity contribution in [1.29, 1.82) is 0 Å². The van der Waals surface area contributed by atoms with Crippen LogP contribution in [0.15, 0.2) is 78.9 Å². The summed E-state index contributed by atoms with van der Waals surface area (Å²) >= 11 is 0. The number of hydrogen-bond donors (Lipinski definition) is 3. The Kier molecular flexibility index (Phi) is 6.87. The topological polar surface area (TPSA) is 81.7 Å². The largest absolute Gasteiger partial charge is 0.391 e. The van der Waals surface area contributed by atoms with E-state index in [1.165, 1.54) is 5.01 Å². The minimum absolute atomic E-state index is 0.197. The van der Waals surface area contributed by atoms with Crippen LogP contribution in [0, 0.1) is 0 Å². The van der Waals surface area contributed by atoms with E-state index in [2.05, 4.69) is 10.7 Å². The van der Waals surface area contributed by atoms with Gasteiger partial charge in [-0.1, -0.05) is 72.8 Å². The Balaban J connectivity index is 1.46. The number of hydrazine groups is 1. The third-order valence-corrected chi connectivity index (χ3v) is 6.04. The number of para-hydroxylation sites is 1. The lowest BCUT2D eigenvalue weighted by molar-refractivity contribution is -0.127. The molecule has 0 radical (unpaired) electrons. The van der Waals surface area contributed by atoms with E-state index in [0.29, 0.717) is 12.1 Å². The number of benzene rings is 3. The Morgan fingerprint density at radius 2 is 1.61 bits per heavy atom. The second-order valence-corrected chi connectivity index (χ2v) is 8.45. The number of aliphatic hydroxyl groups is 1. The first-order chi connectivity index (χ1) is 16.0. The Hall–Kier alpha value is -3.48. The number of hydrogen-bond acceptors (Lipinski definition) is 4. The predicted octanol–water partition coefficient (Wildman–Crippen LogP) is 3.42.